The first kappa shape index (κ1) is 17.2. The third-order valence-electron chi connectivity index (χ3n) is 5.54. The number of nitrogens with one attached hydrogen (secondary N) is 1. The van der Waals surface area contributed by atoms with E-state index in [2.05, 4.69) is 27.3 Å². The van der Waals surface area contributed by atoms with Gasteiger partial charge in [-0.3, -0.25) is 14.7 Å². The van der Waals surface area contributed by atoms with Crippen molar-refractivity contribution < 1.29 is 9.53 Å². The lowest BCUT2D eigenvalue weighted by Gasteiger charge is -2.53. The second kappa shape index (κ2) is 7.21. The van der Waals surface area contributed by atoms with Gasteiger partial charge >= 0.3 is 0 Å². The van der Waals surface area contributed by atoms with E-state index >= 15 is 0 Å². The molecule has 0 unspecified atom stereocenters. The zero-order valence-corrected chi connectivity index (χ0v) is 15.2. The third kappa shape index (κ3) is 3.66. The summed E-state index contributed by atoms with van der Waals surface area (Å²) in [6.07, 6.45) is 7.75. The molecule has 0 radical (unpaired) electrons. The van der Waals surface area contributed by atoms with Crippen LogP contribution in [0.5, 0.6) is 0 Å². The Kier molecular flexibility index (Phi) is 4.78. The first-order valence-corrected chi connectivity index (χ1v) is 9.28. The molecule has 138 valence electrons. The number of pyridine rings is 1. The second-order valence-electron chi connectivity index (χ2n) is 7.61. The van der Waals surface area contributed by atoms with Gasteiger partial charge in [0.2, 0.25) is 0 Å². The van der Waals surface area contributed by atoms with Crippen molar-refractivity contribution in [2.45, 2.75) is 25.0 Å². The minimum absolute atomic E-state index is 0.00930. The monoisotopic (exact) mass is 354 g/mol. The molecule has 2 fully saturated rings. The Morgan fingerprint density at radius 1 is 1.35 bits per heavy atom. The van der Waals surface area contributed by atoms with E-state index in [1.807, 2.05) is 42.3 Å². The van der Waals surface area contributed by atoms with Crippen molar-refractivity contribution in [1.29, 1.82) is 0 Å². The third-order valence-corrected chi connectivity index (χ3v) is 5.54. The van der Waals surface area contributed by atoms with Crippen molar-refractivity contribution in [3.8, 4) is 0 Å². The molecular weight excluding hydrogens is 328 g/mol. The SMILES string of the molecule is Cn1cccc1C(=O)NC[C@@H]1CCC2(CN(Cc3ccncc3)C2)OC1. The van der Waals surface area contributed by atoms with Crippen LogP contribution >= 0.6 is 0 Å². The maximum Gasteiger partial charge on any atom is 0.267 e. The van der Waals surface area contributed by atoms with Gasteiger partial charge in [0.25, 0.3) is 5.91 Å². The van der Waals surface area contributed by atoms with E-state index in [1.54, 1.807) is 0 Å². The molecule has 0 bridgehead atoms. The van der Waals surface area contributed by atoms with E-state index in [0.717, 1.165) is 39.1 Å². The van der Waals surface area contributed by atoms with E-state index < -0.39 is 0 Å². The minimum atomic E-state index is -0.00930. The van der Waals surface area contributed by atoms with Crippen LogP contribution in [0.3, 0.4) is 0 Å². The standard InChI is InChI=1S/C20H26N4O2/c1-23-10-2-3-18(23)19(25)22-11-17-4-7-20(26-13-17)14-24(15-20)12-16-5-8-21-9-6-16/h2-3,5-6,8-10,17H,4,7,11-15H2,1H3,(H,22,25)/t17-/m0/s1. The summed E-state index contributed by atoms with van der Waals surface area (Å²) in [6, 6.07) is 7.86. The molecule has 4 rings (SSSR count). The summed E-state index contributed by atoms with van der Waals surface area (Å²) in [5, 5.41) is 3.04. The predicted octanol–water partition coefficient (Wildman–Crippen LogP) is 1.83. The first-order valence-electron chi connectivity index (χ1n) is 9.28. The lowest BCUT2D eigenvalue weighted by molar-refractivity contribution is -0.181. The number of rotatable bonds is 5. The predicted molar refractivity (Wildman–Crippen MR) is 98.7 cm³/mol. The van der Waals surface area contributed by atoms with Crippen LogP contribution in [-0.2, 0) is 18.3 Å². The number of carbonyl (C=O) groups is 1. The molecule has 2 aliphatic rings. The van der Waals surface area contributed by atoms with Crippen LogP contribution in [0.2, 0.25) is 0 Å². The Labute approximate surface area is 154 Å². The zero-order valence-electron chi connectivity index (χ0n) is 15.2. The molecule has 0 saturated carbocycles. The molecule has 1 amide bonds. The Morgan fingerprint density at radius 3 is 2.81 bits per heavy atom. The van der Waals surface area contributed by atoms with Crippen molar-refractivity contribution in [1.82, 2.24) is 19.8 Å². The first-order chi connectivity index (χ1) is 12.6. The number of ether oxygens (including phenoxy) is 1. The van der Waals surface area contributed by atoms with Crippen LogP contribution in [0.15, 0.2) is 42.9 Å². The highest BCUT2D eigenvalue weighted by Crippen LogP contribution is 2.36. The van der Waals surface area contributed by atoms with Crippen molar-refractivity contribution in [2.75, 3.05) is 26.2 Å². The highest BCUT2D eigenvalue weighted by Gasteiger charge is 2.46. The van der Waals surface area contributed by atoms with Gasteiger partial charge in [0.1, 0.15) is 5.69 Å². The molecule has 26 heavy (non-hydrogen) atoms. The number of aromatic nitrogens is 2. The summed E-state index contributed by atoms with van der Waals surface area (Å²) in [4.78, 5) is 18.7. The molecular formula is C20H26N4O2. The molecule has 1 N–H and O–H groups in total. The van der Waals surface area contributed by atoms with Gasteiger partial charge in [-0.1, -0.05) is 0 Å². The summed E-state index contributed by atoms with van der Waals surface area (Å²) in [5.41, 5.74) is 2.03. The fourth-order valence-corrected chi connectivity index (χ4v) is 3.98. The van der Waals surface area contributed by atoms with Crippen LogP contribution in [0.4, 0.5) is 0 Å². The molecule has 6 nitrogen and oxygen atoms in total. The van der Waals surface area contributed by atoms with Crippen LogP contribution in [0.25, 0.3) is 0 Å². The van der Waals surface area contributed by atoms with Gasteiger partial charge in [-0.15, -0.1) is 0 Å². The Bertz CT molecular complexity index is 742. The number of carbonyl (C=O) groups excluding carboxylic acids is 1. The van der Waals surface area contributed by atoms with Crippen LogP contribution < -0.4 is 5.32 Å². The summed E-state index contributed by atoms with van der Waals surface area (Å²) in [6.45, 7) is 4.37. The number of nitrogens with zero attached hydrogens (tertiary/aromatic N) is 3. The fraction of sp³-hybridized carbons (Fsp3) is 0.500. The van der Waals surface area contributed by atoms with Crippen LogP contribution in [0, 0.1) is 5.92 Å². The largest absolute Gasteiger partial charge is 0.372 e. The molecule has 0 aliphatic carbocycles. The number of hydrogen-bond acceptors (Lipinski definition) is 4. The van der Waals surface area contributed by atoms with Gasteiger partial charge in [0.05, 0.1) is 12.2 Å². The molecule has 2 aliphatic heterocycles. The maximum atomic E-state index is 12.2. The van der Waals surface area contributed by atoms with E-state index in [1.165, 1.54) is 5.56 Å². The van der Waals surface area contributed by atoms with Crippen molar-refractivity contribution in [3.63, 3.8) is 0 Å². The molecule has 6 heteroatoms. The highest BCUT2D eigenvalue weighted by atomic mass is 16.5. The van der Waals surface area contributed by atoms with Crippen molar-refractivity contribution in [2.24, 2.45) is 13.0 Å². The average molecular weight is 354 g/mol. The quantitative estimate of drug-likeness (QED) is 0.890. The van der Waals surface area contributed by atoms with Crippen LogP contribution in [-0.4, -0.2) is 52.2 Å². The summed E-state index contributed by atoms with van der Waals surface area (Å²) in [5.74, 6) is 0.393. The molecule has 1 spiro atoms. The van der Waals surface area contributed by atoms with E-state index in [0.29, 0.717) is 18.2 Å². The number of likely N-dealkylation sites (tertiary alicyclic amines) is 1. The lowest BCUT2D eigenvalue weighted by atomic mass is 9.82. The van der Waals surface area contributed by atoms with Gasteiger partial charge in [-0.25, -0.2) is 0 Å². The van der Waals surface area contributed by atoms with Crippen LogP contribution in [0.1, 0.15) is 28.9 Å². The minimum Gasteiger partial charge on any atom is -0.372 e. The average Bonchev–Trinajstić information content (AvgIpc) is 3.06. The normalized spacial score (nSPS) is 22.1. The Morgan fingerprint density at radius 2 is 2.15 bits per heavy atom. The molecule has 2 aromatic heterocycles. The molecule has 1 atom stereocenters. The summed E-state index contributed by atoms with van der Waals surface area (Å²) in [7, 11) is 1.89. The van der Waals surface area contributed by atoms with Crippen molar-refractivity contribution >= 4 is 5.91 Å². The van der Waals surface area contributed by atoms with Crippen molar-refractivity contribution in [3.05, 3.63) is 54.1 Å². The Hall–Kier alpha value is -2.18. The topological polar surface area (TPSA) is 59.4 Å². The maximum absolute atomic E-state index is 12.2. The smallest absolute Gasteiger partial charge is 0.267 e. The van der Waals surface area contributed by atoms with E-state index in [4.69, 9.17) is 4.74 Å². The number of aryl methyl sites for hydroxylation is 1. The van der Waals surface area contributed by atoms with Gasteiger partial charge in [-0.2, -0.15) is 0 Å². The summed E-state index contributed by atoms with van der Waals surface area (Å²) < 4.78 is 8.06. The second-order valence-corrected chi connectivity index (χ2v) is 7.61. The molecule has 2 aromatic rings. The molecule has 2 saturated heterocycles. The van der Waals surface area contributed by atoms with Gasteiger partial charge < -0.3 is 14.6 Å². The molecule has 4 heterocycles. The van der Waals surface area contributed by atoms with Gasteiger partial charge in [0.15, 0.2) is 0 Å². The number of amides is 1. The Balaban J connectivity index is 1.19. The highest BCUT2D eigenvalue weighted by molar-refractivity contribution is 5.92. The van der Waals surface area contributed by atoms with Gasteiger partial charge in [0, 0.05) is 51.8 Å². The van der Waals surface area contributed by atoms with E-state index in [-0.39, 0.29) is 11.5 Å². The van der Waals surface area contributed by atoms with E-state index in [9.17, 15) is 4.79 Å². The molecule has 0 aromatic carbocycles. The fourth-order valence-electron chi connectivity index (χ4n) is 3.98. The van der Waals surface area contributed by atoms with Gasteiger partial charge in [-0.05, 0) is 48.6 Å². The number of hydrogen-bond donors (Lipinski definition) is 1. The lowest BCUT2D eigenvalue weighted by Crippen LogP contribution is -2.64. The zero-order chi connectivity index (χ0) is 18.0. The summed E-state index contributed by atoms with van der Waals surface area (Å²) >= 11 is 0.